The third-order valence-electron chi connectivity index (χ3n) is 4.46. The molecule has 2 N–H and O–H groups in total. The summed E-state index contributed by atoms with van der Waals surface area (Å²) in [6.07, 6.45) is -0.185. The molecule has 0 aliphatic heterocycles. The summed E-state index contributed by atoms with van der Waals surface area (Å²) < 4.78 is 7.51. The smallest absolute Gasteiger partial charge is 0.193 e. The molecular weight excluding hydrogens is 388 g/mol. The van der Waals surface area contributed by atoms with Gasteiger partial charge in [-0.05, 0) is 39.6 Å². The lowest BCUT2D eigenvalue weighted by molar-refractivity contribution is 0.154. The molecule has 23 heavy (non-hydrogen) atoms. The van der Waals surface area contributed by atoms with Gasteiger partial charge < -0.3 is 10.2 Å². The standard InChI is InChI=1S/C17H25BrN2OSSi/c1-17(2,3)23(4,5)21-15(12-9-7-6-8-10-12)14(19)16-20-13(18)11-22-16/h6-11,14-15H,19H2,1-5H3/t14-,15+/m1/s1. The summed E-state index contributed by atoms with van der Waals surface area (Å²) in [5.41, 5.74) is 7.67. The minimum Gasteiger partial charge on any atom is -0.408 e. The number of benzene rings is 1. The zero-order valence-corrected chi connectivity index (χ0v) is 17.7. The summed E-state index contributed by atoms with van der Waals surface area (Å²) in [7, 11) is -1.95. The van der Waals surface area contributed by atoms with Gasteiger partial charge in [-0.1, -0.05) is 51.1 Å². The average molecular weight is 413 g/mol. The molecule has 0 saturated heterocycles. The van der Waals surface area contributed by atoms with Crippen molar-refractivity contribution in [3.63, 3.8) is 0 Å². The molecule has 0 fully saturated rings. The second-order valence-corrected chi connectivity index (χ2v) is 13.7. The predicted molar refractivity (Wildman–Crippen MR) is 104 cm³/mol. The Morgan fingerprint density at radius 2 is 1.83 bits per heavy atom. The van der Waals surface area contributed by atoms with Crippen molar-refractivity contribution in [2.45, 2.75) is 51.0 Å². The third-order valence-corrected chi connectivity index (χ3v) is 10.6. The maximum Gasteiger partial charge on any atom is 0.193 e. The Bertz CT molecular complexity index is 640. The van der Waals surface area contributed by atoms with Crippen LogP contribution in [0.1, 0.15) is 43.5 Å². The van der Waals surface area contributed by atoms with Crippen LogP contribution in [0.3, 0.4) is 0 Å². The van der Waals surface area contributed by atoms with Crippen molar-refractivity contribution in [2.75, 3.05) is 0 Å². The summed E-state index contributed by atoms with van der Waals surface area (Å²) >= 11 is 4.98. The fourth-order valence-electron chi connectivity index (χ4n) is 2.04. The van der Waals surface area contributed by atoms with Gasteiger partial charge in [0.1, 0.15) is 9.61 Å². The second-order valence-electron chi connectivity index (χ2n) is 7.24. The molecule has 2 aromatic rings. The number of hydrogen-bond donors (Lipinski definition) is 1. The highest BCUT2D eigenvalue weighted by atomic mass is 79.9. The SMILES string of the molecule is CC(C)(C)[Si](C)(C)O[C@@H](c1ccccc1)[C@@H](N)c1nc(Br)cs1. The Morgan fingerprint density at radius 3 is 2.30 bits per heavy atom. The molecule has 1 heterocycles. The number of hydrogen-bond acceptors (Lipinski definition) is 4. The van der Waals surface area contributed by atoms with Crippen LogP contribution in [0.5, 0.6) is 0 Å². The van der Waals surface area contributed by atoms with Crippen LogP contribution in [0.25, 0.3) is 0 Å². The fraction of sp³-hybridized carbons (Fsp3) is 0.471. The first-order valence-corrected chi connectivity index (χ1v) is 12.3. The molecule has 0 spiro atoms. The molecule has 1 aromatic carbocycles. The van der Waals surface area contributed by atoms with Gasteiger partial charge in [-0.2, -0.15) is 0 Å². The average Bonchev–Trinajstić information content (AvgIpc) is 2.90. The Kier molecular flexibility index (Phi) is 5.84. The van der Waals surface area contributed by atoms with Crippen LogP contribution in [0, 0.1) is 0 Å². The Morgan fingerprint density at radius 1 is 1.22 bits per heavy atom. The fourth-order valence-corrected chi connectivity index (χ4v) is 4.60. The van der Waals surface area contributed by atoms with Gasteiger partial charge >= 0.3 is 0 Å². The van der Waals surface area contributed by atoms with E-state index in [0.717, 1.165) is 15.2 Å². The number of rotatable bonds is 5. The van der Waals surface area contributed by atoms with E-state index in [4.69, 9.17) is 10.2 Å². The van der Waals surface area contributed by atoms with Crippen molar-refractivity contribution in [3.8, 4) is 0 Å². The van der Waals surface area contributed by atoms with Crippen molar-refractivity contribution >= 4 is 35.6 Å². The van der Waals surface area contributed by atoms with E-state index in [1.807, 2.05) is 23.6 Å². The maximum atomic E-state index is 6.68. The Hall–Kier alpha value is -0.533. The van der Waals surface area contributed by atoms with Crippen molar-refractivity contribution < 1.29 is 4.43 Å². The van der Waals surface area contributed by atoms with E-state index in [9.17, 15) is 0 Å². The van der Waals surface area contributed by atoms with Gasteiger partial charge in [0, 0.05) is 5.38 Å². The number of thiazole rings is 1. The summed E-state index contributed by atoms with van der Waals surface area (Å²) in [6.45, 7) is 11.2. The Balaban J connectivity index is 2.37. The maximum absolute atomic E-state index is 6.68. The lowest BCUT2D eigenvalue weighted by atomic mass is 10.0. The highest BCUT2D eigenvalue weighted by Crippen LogP contribution is 2.43. The second kappa shape index (κ2) is 7.15. The molecule has 2 rings (SSSR count). The zero-order valence-electron chi connectivity index (χ0n) is 14.3. The van der Waals surface area contributed by atoms with Crippen LogP contribution in [0.4, 0.5) is 0 Å². The van der Waals surface area contributed by atoms with Crippen LogP contribution in [0.15, 0.2) is 40.3 Å². The lowest BCUT2D eigenvalue weighted by Crippen LogP contribution is -2.43. The van der Waals surface area contributed by atoms with E-state index in [1.165, 1.54) is 0 Å². The molecule has 0 radical (unpaired) electrons. The molecule has 126 valence electrons. The first-order valence-electron chi connectivity index (χ1n) is 7.71. The minimum atomic E-state index is -1.95. The summed E-state index contributed by atoms with van der Waals surface area (Å²) in [4.78, 5) is 4.49. The highest BCUT2D eigenvalue weighted by molar-refractivity contribution is 9.10. The predicted octanol–water partition coefficient (Wildman–Crippen LogP) is 5.67. The largest absolute Gasteiger partial charge is 0.408 e. The lowest BCUT2D eigenvalue weighted by Gasteiger charge is -2.40. The molecule has 1 aromatic heterocycles. The molecule has 2 atom stereocenters. The summed E-state index contributed by atoms with van der Waals surface area (Å²) in [5.74, 6) is 0. The van der Waals surface area contributed by atoms with E-state index in [0.29, 0.717) is 0 Å². The van der Waals surface area contributed by atoms with Gasteiger partial charge in [0.05, 0.1) is 12.1 Å². The topological polar surface area (TPSA) is 48.1 Å². The van der Waals surface area contributed by atoms with Crippen LogP contribution < -0.4 is 5.73 Å². The first-order chi connectivity index (χ1) is 10.6. The first kappa shape index (κ1) is 18.8. The van der Waals surface area contributed by atoms with E-state index in [1.54, 1.807) is 11.3 Å². The van der Waals surface area contributed by atoms with E-state index in [2.05, 4.69) is 66.9 Å². The van der Waals surface area contributed by atoms with Crippen LogP contribution in [-0.4, -0.2) is 13.3 Å². The van der Waals surface area contributed by atoms with E-state index >= 15 is 0 Å². The molecule has 3 nitrogen and oxygen atoms in total. The normalized spacial score (nSPS) is 15.4. The van der Waals surface area contributed by atoms with Gasteiger partial charge in [0.25, 0.3) is 0 Å². The molecule has 0 bridgehead atoms. The Labute approximate surface area is 152 Å². The monoisotopic (exact) mass is 412 g/mol. The van der Waals surface area contributed by atoms with Crippen LogP contribution in [0.2, 0.25) is 18.1 Å². The van der Waals surface area contributed by atoms with Gasteiger partial charge in [-0.15, -0.1) is 11.3 Å². The number of aromatic nitrogens is 1. The third kappa shape index (κ3) is 4.51. The number of halogens is 1. The van der Waals surface area contributed by atoms with Crippen molar-refractivity contribution in [1.82, 2.24) is 4.98 Å². The van der Waals surface area contributed by atoms with Crippen molar-refractivity contribution in [1.29, 1.82) is 0 Å². The quantitative estimate of drug-likeness (QED) is 0.643. The van der Waals surface area contributed by atoms with Crippen LogP contribution >= 0.6 is 27.3 Å². The minimum absolute atomic E-state index is 0.128. The molecule has 0 unspecified atom stereocenters. The van der Waals surface area contributed by atoms with E-state index in [-0.39, 0.29) is 17.2 Å². The van der Waals surface area contributed by atoms with Gasteiger partial charge in [-0.3, -0.25) is 0 Å². The van der Waals surface area contributed by atoms with Gasteiger partial charge in [0.2, 0.25) is 0 Å². The molecule has 0 amide bonds. The van der Waals surface area contributed by atoms with E-state index < -0.39 is 8.32 Å². The number of nitrogens with zero attached hydrogens (tertiary/aromatic N) is 1. The number of nitrogens with two attached hydrogens (primary N) is 1. The zero-order chi connectivity index (χ0) is 17.3. The molecule has 0 saturated carbocycles. The van der Waals surface area contributed by atoms with Gasteiger partial charge in [-0.25, -0.2) is 4.98 Å². The molecule has 6 heteroatoms. The van der Waals surface area contributed by atoms with Crippen molar-refractivity contribution in [2.24, 2.45) is 5.73 Å². The van der Waals surface area contributed by atoms with Crippen molar-refractivity contribution in [3.05, 3.63) is 50.9 Å². The summed E-state index contributed by atoms with van der Waals surface area (Å²) in [6, 6.07) is 9.96. The van der Waals surface area contributed by atoms with Crippen LogP contribution in [-0.2, 0) is 4.43 Å². The molecule has 0 aliphatic carbocycles. The summed E-state index contributed by atoms with van der Waals surface area (Å²) in [5, 5.41) is 2.98. The van der Waals surface area contributed by atoms with Gasteiger partial charge in [0.15, 0.2) is 8.32 Å². The molecular formula is C17H25BrN2OSSi. The molecule has 0 aliphatic rings. The highest BCUT2D eigenvalue weighted by Gasteiger charge is 2.41.